The molecule has 2 heterocycles. The lowest BCUT2D eigenvalue weighted by Crippen LogP contribution is -2.17. The normalized spacial score (nSPS) is 11.3. The third-order valence-electron chi connectivity index (χ3n) is 2.67. The monoisotopic (exact) mass is 301 g/mol. The number of aryl methyl sites for hydroxylation is 1. The highest BCUT2D eigenvalue weighted by Gasteiger charge is 2.20. The third kappa shape index (κ3) is 3.01. The van der Waals surface area contributed by atoms with Crippen LogP contribution in [0.2, 0.25) is 0 Å². The predicted octanol–water partition coefficient (Wildman–Crippen LogP) is 1.21. The fraction of sp³-hybridized carbons (Fsp3) is 0.154. The molecule has 0 bridgehead atoms. The summed E-state index contributed by atoms with van der Waals surface area (Å²) >= 11 is 0. The Balaban J connectivity index is 2.26. The average molecular weight is 301 g/mol. The second-order valence-corrected chi connectivity index (χ2v) is 4.03. The van der Waals surface area contributed by atoms with Crippen molar-refractivity contribution in [2.75, 3.05) is 12.4 Å². The molecule has 0 radical (unpaired) electrons. The van der Waals surface area contributed by atoms with Crippen molar-refractivity contribution in [3.8, 4) is 11.8 Å². The Morgan fingerprint density at radius 1 is 1.41 bits per heavy atom. The molecule has 112 valence electrons. The topological polar surface area (TPSA) is 134 Å². The first-order chi connectivity index (χ1) is 10.6. The fourth-order valence-corrected chi connectivity index (χ4v) is 1.52. The van der Waals surface area contributed by atoms with Gasteiger partial charge in [-0.2, -0.15) is 5.26 Å². The number of aliphatic hydroxyl groups is 1. The van der Waals surface area contributed by atoms with Gasteiger partial charge in [-0.1, -0.05) is 5.16 Å². The van der Waals surface area contributed by atoms with Crippen LogP contribution in [0.5, 0.6) is 5.75 Å². The molecule has 0 fully saturated rings. The summed E-state index contributed by atoms with van der Waals surface area (Å²) in [5, 5.41) is 24.9. The fourth-order valence-electron chi connectivity index (χ4n) is 1.52. The number of hydrogen-bond donors (Lipinski definition) is 2. The first kappa shape index (κ1) is 15.0. The zero-order chi connectivity index (χ0) is 16.1. The smallest absolute Gasteiger partial charge is 0.272 e. The van der Waals surface area contributed by atoms with E-state index in [4.69, 9.17) is 14.5 Å². The summed E-state index contributed by atoms with van der Waals surface area (Å²) in [4.78, 5) is 19.7. The van der Waals surface area contributed by atoms with Crippen LogP contribution in [0.15, 0.2) is 28.7 Å². The van der Waals surface area contributed by atoms with Crippen molar-refractivity contribution in [1.82, 2.24) is 15.1 Å². The molecule has 0 aliphatic heterocycles. The van der Waals surface area contributed by atoms with Gasteiger partial charge in [-0.25, -0.2) is 9.97 Å². The first-order valence-corrected chi connectivity index (χ1v) is 5.99. The average Bonchev–Trinajstić information content (AvgIpc) is 2.94. The zero-order valence-electron chi connectivity index (χ0n) is 11.7. The number of aromatic nitrogens is 3. The van der Waals surface area contributed by atoms with E-state index in [1.807, 2.05) is 0 Å². The van der Waals surface area contributed by atoms with Crippen LogP contribution in [-0.4, -0.2) is 33.2 Å². The minimum atomic E-state index is -0.856. The lowest BCUT2D eigenvalue weighted by molar-refractivity contribution is -0.112. The van der Waals surface area contributed by atoms with Crippen LogP contribution in [0, 0.1) is 18.3 Å². The molecule has 9 heteroatoms. The Hall–Kier alpha value is -3.41. The molecular formula is C13H11N5O4. The van der Waals surface area contributed by atoms with Crippen molar-refractivity contribution in [3.05, 3.63) is 35.5 Å². The van der Waals surface area contributed by atoms with Gasteiger partial charge in [0, 0.05) is 0 Å². The van der Waals surface area contributed by atoms with E-state index in [1.54, 1.807) is 6.07 Å². The van der Waals surface area contributed by atoms with Gasteiger partial charge in [0.25, 0.3) is 5.91 Å². The van der Waals surface area contributed by atoms with Crippen molar-refractivity contribution in [2.24, 2.45) is 0 Å². The zero-order valence-corrected chi connectivity index (χ0v) is 11.7. The minimum Gasteiger partial charge on any atom is -0.506 e. The Morgan fingerprint density at radius 2 is 2.09 bits per heavy atom. The van der Waals surface area contributed by atoms with Gasteiger partial charge < -0.3 is 14.4 Å². The van der Waals surface area contributed by atoms with Gasteiger partial charge in [-0.15, -0.1) is 0 Å². The van der Waals surface area contributed by atoms with Crippen molar-refractivity contribution in [2.45, 2.75) is 6.92 Å². The summed E-state index contributed by atoms with van der Waals surface area (Å²) in [5.41, 5.74) is -0.354. The maximum absolute atomic E-state index is 12.0. The van der Waals surface area contributed by atoms with E-state index in [1.165, 1.54) is 32.6 Å². The number of carbonyl (C=O) groups is 1. The van der Waals surface area contributed by atoms with E-state index >= 15 is 0 Å². The molecule has 0 saturated heterocycles. The van der Waals surface area contributed by atoms with Crippen LogP contribution in [-0.2, 0) is 4.79 Å². The number of hydrogen-bond acceptors (Lipinski definition) is 8. The molecule has 0 saturated carbocycles. The molecule has 2 rings (SSSR count). The van der Waals surface area contributed by atoms with Gasteiger partial charge in [0.15, 0.2) is 17.1 Å². The highest BCUT2D eigenvalue weighted by molar-refractivity contribution is 6.10. The number of nitriles is 1. The summed E-state index contributed by atoms with van der Waals surface area (Å²) in [6.45, 7) is 1.54. The number of nitrogens with zero attached hydrogens (tertiary/aromatic N) is 4. The van der Waals surface area contributed by atoms with Crippen molar-refractivity contribution in [3.63, 3.8) is 0 Å². The SMILES string of the molecule is COc1cnc(NC(=O)/C(C#N)=C(\O)c2cnoc2C)nc1. The maximum atomic E-state index is 12.0. The van der Waals surface area contributed by atoms with E-state index in [0.29, 0.717) is 5.75 Å². The number of methoxy groups -OCH3 is 1. The minimum absolute atomic E-state index is 0.0339. The Labute approximate surface area is 124 Å². The van der Waals surface area contributed by atoms with Gasteiger partial charge in [-0.05, 0) is 6.92 Å². The quantitative estimate of drug-likeness (QED) is 0.489. The van der Waals surface area contributed by atoms with Crippen LogP contribution in [0.25, 0.3) is 5.76 Å². The summed E-state index contributed by atoms with van der Waals surface area (Å²) in [7, 11) is 1.45. The second kappa shape index (κ2) is 6.36. The molecular weight excluding hydrogens is 290 g/mol. The third-order valence-corrected chi connectivity index (χ3v) is 2.67. The van der Waals surface area contributed by atoms with Crippen molar-refractivity contribution < 1.29 is 19.2 Å². The Kier molecular flexibility index (Phi) is 4.33. The molecule has 0 aromatic carbocycles. The molecule has 0 spiro atoms. The van der Waals surface area contributed by atoms with E-state index in [-0.39, 0.29) is 17.3 Å². The lowest BCUT2D eigenvalue weighted by atomic mass is 10.1. The van der Waals surface area contributed by atoms with E-state index < -0.39 is 17.2 Å². The van der Waals surface area contributed by atoms with E-state index in [2.05, 4.69) is 20.4 Å². The largest absolute Gasteiger partial charge is 0.506 e. The molecule has 0 atom stereocenters. The number of rotatable bonds is 4. The lowest BCUT2D eigenvalue weighted by Gasteiger charge is -2.05. The summed E-state index contributed by atoms with van der Waals surface area (Å²) < 4.78 is 9.67. The second-order valence-electron chi connectivity index (χ2n) is 4.03. The summed E-state index contributed by atoms with van der Waals surface area (Å²) in [6.07, 6.45) is 3.91. The number of nitrogens with one attached hydrogen (secondary N) is 1. The maximum Gasteiger partial charge on any atom is 0.272 e. The molecule has 2 aromatic rings. The van der Waals surface area contributed by atoms with Crippen LogP contribution >= 0.6 is 0 Å². The van der Waals surface area contributed by atoms with Crippen LogP contribution in [0.4, 0.5) is 5.95 Å². The number of anilines is 1. The Morgan fingerprint density at radius 3 is 2.59 bits per heavy atom. The molecule has 2 N–H and O–H groups in total. The van der Waals surface area contributed by atoms with Gasteiger partial charge in [0.1, 0.15) is 11.8 Å². The molecule has 0 unspecified atom stereocenters. The number of amides is 1. The van der Waals surface area contributed by atoms with Crippen molar-refractivity contribution >= 4 is 17.6 Å². The van der Waals surface area contributed by atoms with Crippen LogP contribution < -0.4 is 10.1 Å². The molecule has 0 aliphatic carbocycles. The molecule has 1 amide bonds. The summed E-state index contributed by atoms with van der Waals surface area (Å²) in [5.74, 6) is -0.734. The van der Waals surface area contributed by atoms with Gasteiger partial charge in [0.2, 0.25) is 5.95 Å². The standard InChI is InChI=1S/C13H11N5O4/c1-7-10(6-17-22-7)11(19)9(3-14)12(20)18-13-15-4-8(21-2)5-16-13/h4-6,19H,1-2H3,(H,15,16,18,20)/b11-9-. The van der Waals surface area contributed by atoms with E-state index in [9.17, 15) is 9.90 Å². The molecule has 22 heavy (non-hydrogen) atoms. The predicted molar refractivity (Wildman–Crippen MR) is 73.6 cm³/mol. The highest BCUT2D eigenvalue weighted by Crippen LogP contribution is 2.20. The number of ether oxygens (including phenoxy) is 1. The van der Waals surface area contributed by atoms with E-state index in [0.717, 1.165) is 0 Å². The summed E-state index contributed by atoms with van der Waals surface area (Å²) in [6, 6.07) is 1.63. The van der Waals surface area contributed by atoms with Gasteiger partial charge >= 0.3 is 0 Å². The van der Waals surface area contributed by atoms with Crippen LogP contribution in [0.3, 0.4) is 0 Å². The van der Waals surface area contributed by atoms with Gasteiger partial charge in [-0.3, -0.25) is 10.1 Å². The van der Waals surface area contributed by atoms with Crippen LogP contribution in [0.1, 0.15) is 11.3 Å². The number of carbonyl (C=O) groups excluding carboxylic acids is 1. The number of aliphatic hydroxyl groups excluding tert-OH is 1. The first-order valence-electron chi connectivity index (χ1n) is 5.99. The molecule has 9 nitrogen and oxygen atoms in total. The molecule has 2 aromatic heterocycles. The van der Waals surface area contributed by atoms with Gasteiger partial charge in [0.05, 0.1) is 31.3 Å². The Bertz CT molecular complexity index is 757. The van der Waals surface area contributed by atoms with Crippen molar-refractivity contribution in [1.29, 1.82) is 5.26 Å². The molecule has 0 aliphatic rings. The highest BCUT2D eigenvalue weighted by atomic mass is 16.5.